The van der Waals surface area contributed by atoms with Crippen molar-refractivity contribution < 1.29 is 8.76 Å². The van der Waals surface area contributed by atoms with E-state index in [-0.39, 0.29) is 0 Å². The van der Waals surface area contributed by atoms with E-state index in [9.17, 15) is 8.76 Å². The Kier molecular flexibility index (Phi) is 5.88. The Balaban J connectivity index is 3.15. The lowest BCUT2D eigenvalue weighted by Crippen LogP contribution is -1.76. The molecule has 54 valence electrons. The van der Waals surface area contributed by atoms with Gasteiger partial charge >= 0.3 is 0 Å². The Hall–Kier alpha value is -0.150. The van der Waals surface area contributed by atoms with Gasteiger partial charge in [0, 0.05) is 0 Å². The van der Waals surface area contributed by atoms with Crippen molar-refractivity contribution in [3.05, 3.63) is 11.5 Å². The zero-order chi connectivity index (χ0) is 7.11. The zero-order valence-corrected chi connectivity index (χ0v) is 6.32. The first-order valence-electron chi connectivity index (χ1n) is 3.02. The highest BCUT2D eigenvalue weighted by molar-refractivity contribution is 7.82. The second kappa shape index (κ2) is 5.98. The van der Waals surface area contributed by atoms with E-state index in [4.69, 9.17) is 0 Å². The number of hydrogen-bond acceptors (Lipinski definition) is 2. The lowest BCUT2D eigenvalue weighted by Gasteiger charge is -1.93. The van der Waals surface area contributed by atoms with Gasteiger partial charge in [-0.25, -0.2) is 0 Å². The molecule has 1 unspecified atom stereocenters. The van der Waals surface area contributed by atoms with E-state index in [0.717, 1.165) is 19.3 Å². The van der Waals surface area contributed by atoms with Crippen LogP contribution in [-0.4, -0.2) is 8.76 Å². The van der Waals surface area contributed by atoms with E-state index < -0.39 is 11.1 Å². The number of allylic oxidation sites excluding steroid dienone is 1. The van der Waals surface area contributed by atoms with Gasteiger partial charge in [0.05, 0.1) is 0 Å². The summed E-state index contributed by atoms with van der Waals surface area (Å²) in [5, 5.41) is 1.19. The minimum absolute atomic E-state index is 0.866. The van der Waals surface area contributed by atoms with Gasteiger partial charge in [0.25, 0.3) is 0 Å². The highest BCUT2D eigenvalue weighted by Crippen LogP contribution is 1.94. The SMILES string of the molecule is CCCCC=CS(=O)[O-]. The van der Waals surface area contributed by atoms with E-state index in [1.165, 1.54) is 5.41 Å². The molecule has 0 rings (SSSR count). The largest absolute Gasteiger partial charge is 0.769 e. The van der Waals surface area contributed by atoms with Crippen LogP contribution in [0.15, 0.2) is 11.5 Å². The summed E-state index contributed by atoms with van der Waals surface area (Å²) in [7, 11) is 0. The Morgan fingerprint density at radius 2 is 2.33 bits per heavy atom. The molecule has 0 aliphatic heterocycles. The quantitative estimate of drug-likeness (QED) is 0.447. The average Bonchev–Trinajstić information content (AvgIpc) is 1.80. The van der Waals surface area contributed by atoms with Gasteiger partial charge in [-0.05, 0) is 22.9 Å². The van der Waals surface area contributed by atoms with Crippen molar-refractivity contribution in [3.8, 4) is 0 Å². The van der Waals surface area contributed by atoms with E-state index in [1.807, 2.05) is 0 Å². The molecule has 0 spiro atoms. The summed E-state index contributed by atoms with van der Waals surface area (Å²) in [5.41, 5.74) is 0. The summed E-state index contributed by atoms with van der Waals surface area (Å²) in [6, 6.07) is 0. The summed E-state index contributed by atoms with van der Waals surface area (Å²) in [4.78, 5) is 0. The van der Waals surface area contributed by atoms with Gasteiger partial charge in [-0.3, -0.25) is 4.21 Å². The molecule has 0 amide bonds. The summed E-state index contributed by atoms with van der Waals surface area (Å²) >= 11 is -2.00. The van der Waals surface area contributed by atoms with Gasteiger partial charge < -0.3 is 4.55 Å². The number of unbranched alkanes of at least 4 members (excludes halogenated alkanes) is 2. The molecule has 0 bridgehead atoms. The molecule has 3 heteroatoms. The van der Waals surface area contributed by atoms with Gasteiger partial charge in [0.2, 0.25) is 0 Å². The number of hydrogen-bond donors (Lipinski definition) is 0. The van der Waals surface area contributed by atoms with E-state index in [2.05, 4.69) is 6.92 Å². The maximum absolute atomic E-state index is 9.88. The lowest BCUT2D eigenvalue weighted by atomic mass is 10.2. The molecule has 0 saturated heterocycles. The minimum atomic E-state index is -2.00. The molecule has 0 aromatic carbocycles. The van der Waals surface area contributed by atoms with Crippen molar-refractivity contribution >= 4 is 11.1 Å². The maximum atomic E-state index is 9.88. The van der Waals surface area contributed by atoms with Crippen molar-refractivity contribution in [1.29, 1.82) is 0 Å². The van der Waals surface area contributed by atoms with Crippen LogP contribution in [0, 0.1) is 0 Å². The molecule has 0 radical (unpaired) electrons. The fourth-order valence-electron chi connectivity index (χ4n) is 0.469. The third-order valence-electron chi connectivity index (χ3n) is 0.932. The van der Waals surface area contributed by atoms with Crippen LogP contribution in [0.4, 0.5) is 0 Å². The highest BCUT2D eigenvalue weighted by atomic mass is 32.2. The summed E-state index contributed by atoms with van der Waals surface area (Å²) in [6.07, 6.45) is 4.71. The molecule has 0 heterocycles. The maximum Gasteiger partial charge on any atom is -0.0155 e. The lowest BCUT2D eigenvalue weighted by molar-refractivity contribution is 0.546. The predicted molar refractivity (Wildman–Crippen MR) is 37.6 cm³/mol. The average molecular weight is 147 g/mol. The van der Waals surface area contributed by atoms with Gasteiger partial charge in [-0.15, -0.1) is 0 Å². The van der Waals surface area contributed by atoms with Gasteiger partial charge in [0.1, 0.15) is 0 Å². The second-order valence-corrected chi connectivity index (χ2v) is 2.57. The third-order valence-corrected chi connectivity index (χ3v) is 1.35. The van der Waals surface area contributed by atoms with Crippen LogP contribution in [0.3, 0.4) is 0 Å². The first-order valence-corrected chi connectivity index (χ1v) is 4.16. The Morgan fingerprint density at radius 1 is 1.67 bits per heavy atom. The number of rotatable bonds is 4. The molecule has 0 saturated carbocycles. The standard InChI is InChI=1S/C6H12O2S/c1-2-3-4-5-6-9(7)8/h5-6H,2-4H2,1H3,(H,7,8)/p-1. The van der Waals surface area contributed by atoms with Crippen LogP contribution in [0.5, 0.6) is 0 Å². The molecular formula is C6H11O2S-. The third kappa shape index (κ3) is 7.85. The van der Waals surface area contributed by atoms with Crippen LogP contribution in [0.1, 0.15) is 26.2 Å². The van der Waals surface area contributed by atoms with Gasteiger partial charge in [-0.2, -0.15) is 0 Å². The normalized spacial score (nSPS) is 14.4. The smallest absolute Gasteiger partial charge is 0.0155 e. The van der Waals surface area contributed by atoms with E-state index in [1.54, 1.807) is 6.08 Å². The van der Waals surface area contributed by atoms with E-state index in [0.29, 0.717) is 0 Å². The monoisotopic (exact) mass is 147 g/mol. The van der Waals surface area contributed by atoms with Crippen LogP contribution >= 0.6 is 0 Å². The molecule has 0 aromatic heterocycles. The molecule has 0 fully saturated rings. The van der Waals surface area contributed by atoms with Crippen molar-refractivity contribution in [1.82, 2.24) is 0 Å². The highest BCUT2D eigenvalue weighted by Gasteiger charge is 1.76. The molecule has 0 aliphatic carbocycles. The molecule has 0 aliphatic rings. The molecule has 0 aromatic rings. The van der Waals surface area contributed by atoms with Crippen LogP contribution in [0.2, 0.25) is 0 Å². The molecule has 0 N–H and O–H groups in total. The molecular weight excluding hydrogens is 136 g/mol. The van der Waals surface area contributed by atoms with Crippen molar-refractivity contribution in [2.75, 3.05) is 0 Å². The topological polar surface area (TPSA) is 40.1 Å². The van der Waals surface area contributed by atoms with Crippen LogP contribution < -0.4 is 0 Å². The zero-order valence-electron chi connectivity index (χ0n) is 5.50. The van der Waals surface area contributed by atoms with Crippen LogP contribution in [0.25, 0.3) is 0 Å². The van der Waals surface area contributed by atoms with E-state index >= 15 is 0 Å². The Morgan fingerprint density at radius 3 is 2.78 bits per heavy atom. The summed E-state index contributed by atoms with van der Waals surface area (Å²) < 4.78 is 19.8. The first-order chi connectivity index (χ1) is 4.27. The van der Waals surface area contributed by atoms with Crippen molar-refractivity contribution in [3.63, 3.8) is 0 Å². The van der Waals surface area contributed by atoms with Gasteiger partial charge in [-0.1, -0.05) is 25.8 Å². The Bertz CT molecular complexity index is 110. The summed E-state index contributed by atoms with van der Waals surface area (Å²) in [5.74, 6) is 0. The summed E-state index contributed by atoms with van der Waals surface area (Å²) in [6.45, 7) is 2.07. The molecule has 1 atom stereocenters. The fraction of sp³-hybridized carbons (Fsp3) is 0.667. The fourth-order valence-corrected chi connectivity index (χ4v) is 0.762. The van der Waals surface area contributed by atoms with Crippen molar-refractivity contribution in [2.24, 2.45) is 0 Å². The predicted octanol–water partition coefficient (Wildman–Crippen LogP) is 1.57. The molecule has 9 heavy (non-hydrogen) atoms. The van der Waals surface area contributed by atoms with Gasteiger partial charge in [0.15, 0.2) is 0 Å². The molecule has 2 nitrogen and oxygen atoms in total. The first kappa shape index (κ1) is 8.85. The van der Waals surface area contributed by atoms with Crippen molar-refractivity contribution in [2.45, 2.75) is 26.2 Å². The second-order valence-electron chi connectivity index (χ2n) is 1.77. The minimum Gasteiger partial charge on any atom is -0.769 e. The van der Waals surface area contributed by atoms with Crippen LogP contribution in [-0.2, 0) is 11.1 Å². The Labute approximate surface area is 58.3 Å².